The van der Waals surface area contributed by atoms with Crippen molar-refractivity contribution in [2.24, 2.45) is 4.99 Å². The minimum Gasteiger partial charge on any atom is -0.276 e. The lowest BCUT2D eigenvalue weighted by molar-refractivity contribution is 1.46. The van der Waals surface area contributed by atoms with Gasteiger partial charge in [0.15, 0.2) is 0 Å². The van der Waals surface area contributed by atoms with Gasteiger partial charge in [-0.3, -0.25) is 4.99 Å². The molecule has 0 aromatic heterocycles. The van der Waals surface area contributed by atoms with E-state index in [1.165, 1.54) is 0 Å². The van der Waals surface area contributed by atoms with Gasteiger partial charge in [0.25, 0.3) is 0 Å². The molecule has 1 heterocycles. The van der Waals surface area contributed by atoms with Crippen LogP contribution in [0.4, 0.5) is 0 Å². The van der Waals surface area contributed by atoms with Gasteiger partial charge in [-0.25, -0.2) is 0 Å². The van der Waals surface area contributed by atoms with Crippen molar-refractivity contribution < 1.29 is 0 Å². The zero-order valence-corrected chi connectivity index (χ0v) is 3.98. The highest BCUT2D eigenvalue weighted by atomic mass is 32.2. The molecule has 0 amide bonds. The Morgan fingerprint density at radius 1 is 1.50 bits per heavy atom. The second-order valence-corrected chi connectivity index (χ2v) is 1.62. The van der Waals surface area contributed by atoms with Crippen molar-refractivity contribution in [1.29, 1.82) is 0 Å². The highest BCUT2D eigenvalue weighted by molar-refractivity contribution is 8.14. The smallest absolute Gasteiger partial charge is 0.0953 e. The van der Waals surface area contributed by atoms with Gasteiger partial charge >= 0.3 is 0 Å². The van der Waals surface area contributed by atoms with Crippen LogP contribution in [-0.2, 0) is 0 Å². The van der Waals surface area contributed by atoms with Crippen LogP contribution in [0.1, 0.15) is 0 Å². The van der Waals surface area contributed by atoms with E-state index in [0.717, 1.165) is 0 Å². The first-order valence-electron chi connectivity index (χ1n) is 1.65. The van der Waals surface area contributed by atoms with Gasteiger partial charge in [0, 0.05) is 0 Å². The summed E-state index contributed by atoms with van der Waals surface area (Å²) < 4.78 is 0. The van der Waals surface area contributed by atoms with Crippen LogP contribution in [0.5, 0.6) is 0 Å². The minimum atomic E-state index is 1.59. The molecule has 0 bridgehead atoms. The van der Waals surface area contributed by atoms with E-state index in [1.54, 1.807) is 23.9 Å². The maximum Gasteiger partial charge on any atom is 0.0953 e. The molecule has 2 heteroatoms. The third-order valence-electron chi connectivity index (χ3n) is 0.451. The summed E-state index contributed by atoms with van der Waals surface area (Å²) in [5.41, 5.74) is 1.79. The fourth-order valence-electron chi connectivity index (χ4n) is 0.236. The standard InChI is InChI=1S/C4H4NS/c1-2-5-4-6-3-1/h1-4H. The van der Waals surface area contributed by atoms with E-state index in [2.05, 4.69) is 4.99 Å². The third-order valence-corrected chi connectivity index (χ3v) is 1.01. The van der Waals surface area contributed by atoms with E-state index >= 15 is 0 Å². The highest BCUT2D eigenvalue weighted by Crippen LogP contribution is 2.03. The number of hydrogen-bond acceptors (Lipinski definition) is 2. The van der Waals surface area contributed by atoms with Gasteiger partial charge in [-0.1, -0.05) is 17.8 Å². The van der Waals surface area contributed by atoms with Crippen LogP contribution >= 0.6 is 11.8 Å². The van der Waals surface area contributed by atoms with Crippen LogP contribution in [-0.4, -0.2) is 5.55 Å². The Labute approximate surface area is 41.2 Å². The summed E-state index contributed by atoms with van der Waals surface area (Å²) in [6, 6.07) is 0. The first-order valence-corrected chi connectivity index (χ1v) is 2.60. The fourth-order valence-corrected chi connectivity index (χ4v) is 0.607. The third kappa shape index (κ3) is 0.863. The second kappa shape index (κ2) is 2.03. The lowest BCUT2D eigenvalue weighted by Gasteiger charge is -1.86. The summed E-state index contributed by atoms with van der Waals surface area (Å²) in [6.07, 6.45) is 1.91. The van der Waals surface area contributed by atoms with Crippen LogP contribution in [0.15, 0.2) is 16.5 Å². The van der Waals surface area contributed by atoms with E-state index in [4.69, 9.17) is 0 Å². The molecule has 0 unspecified atom stereocenters. The second-order valence-electron chi connectivity index (χ2n) is 0.868. The van der Waals surface area contributed by atoms with E-state index in [0.29, 0.717) is 0 Å². The Kier molecular flexibility index (Phi) is 1.33. The van der Waals surface area contributed by atoms with Gasteiger partial charge in [0.05, 0.1) is 12.1 Å². The molecule has 0 spiro atoms. The van der Waals surface area contributed by atoms with Crippen molar-refractivity contribution in [2.75, 3.05) is 0 Å². The van der Waals surface area contributed by atoms with Crippen molar-refractivity contribution in [1.82, 2.24) is 0 Å². The summed E-state index contributed by atoms with van der Waals surface area (Å²) >= 11 is 1.59. The molecule has 0 saturated carbocycles. The normalized spacial score (nSPS) is 18.7. The number of hydrogen-bond donors (Lipinski definition) is 0. The molecule has 1 aliphatic heterocycles. The molecule has 0 atom stereocenters. The zero-order chi connectivity index (χ0) is 4.24. The Morgan fingerprint density at radius 3 is 2.67 bits per heavy atom. The first kappa shape index (κ1) is 3.93. The van der Waals surface area contributed by atoms with E-state index in [1.807, 2.05) is 11.5 Å². The number of rotatable bonds is 0. The SMILES string of the molecule is [CH]1C=CSC=N1. The van der Waals surface area contributed by atoms with Crippen LogP contribution in [0.3, 0.4) is 0 Å². The number of aliphatic imine (C=N–C) groups is 1. The molecule has 1 aliphatic rings. The molecule has 0 saturated heterocycles. The molecule has 0 aromatic carbocycles. The van der Waals surface area contributed by atoms with Crippen molar-refractivity contribution in [2.45, 2.75) is 0 Å². The van der Waals surface area contributed by atoms with Crippen LogP contribution in [0.2, 0.25) is 0 Å². The molecule has 0 aromatic rings. The molecule has 6 heavy (non-hydrogen) atoms. The van der Waals surface area contributed by atoms with Gasteiger partial charge < -0.3 is 0 Å². The number of nitrogens with zero attached hydrogens (tertiary/aromatic N) is 1. The summed E-state index contributed by atoms with van der Waals surface area (Å²) in [5, 5.41) is 1.98. The van der Waals surface area contributed by atoms with Crippen LogP contribution in [0, 0.1) is 6.54 Å². The highest BCUT2D eigenvalue weighted by Gasteiger charge is 1.78. The van der Waals surface area contributed by atoms with E-state index < -0.39 is 0 Å². The summed E-state index contributed by atoms with van der Waals surface area (Å²) in [4.78, 5) is 3.80. The Bertz CT molecular complexity index is 65.5. The van der Waals surface area contributed by atoms with Crippen molar-refractivity contribution in [3.8, 4) is 0 Å². The van der Waals surface area contributed by atoms with Crippen molar-refractivity contribution in [3.05, 3.63) is 18.0 Å². The average Bonchev–Trinajstić information content (AvgIpc) is 1.72. The lowest BCUT2D eigenvalue weighted by atomic mass is 10.6. The van der Waals surface area contributed by atoms with E-state index in [9.17, 15) is 0 Å². The van der Waals surface area contributed by atoms with Crippen LogP contribution < -0.4 is 0 Å². The maximum absolute atomic E-state index is 3.80. The van der Waals surface area contributed by atoms with Gasteiger partial charge in [-0.15, -0.1) is 0 Å². The largest absolute Gasteiger partial charge is 0.276 e. The van der Waals surface area contributed by atoms with E-state index in [-0.39, 0.29) is 0 Å². The lowest BCUT2D eigenvalue weighted by Crippen LogP contribution is -1.67. The van der Waals surface area contributed by atoms with Gasteiger partial charge in [-0.2, -0.15) is 0 Å². The Hall–Kier alpha value is -0.240. The Balaban J connectivity index is 2.40. The Morgan fingerprint density at radius 2 is 2.50 bits per heavy atom. The van der Waals surface area contributed by atoms with Gasteiger partial charge in [0.1, 0.15) is 0 Å². The van der Waals surface area contributed by atoms with Crippen molar-refractivity contribution >= 4 is 17.3 Å². The molecular weight excluding hydrogens is 94.1 g/mol. The number of thioether (sulfide) groups is 1. The maximum atomic E-state index is 3.80. The molecule has 0 aliphatic carbocycles. The first-order chi connectivity index (χ1) is 3.00. The van der Waals surface area contributed by atoms with Crippen molar-refractivity contribution in [3.63, 3.8) is 0 Å². The van der Waals surface area contributed by atoms with Gasteiger partial charge in [0.2, 0.25) is 0 Å². The summed E-state index contributed by atoms with van der Waals surface area (Å²) in [7, 11) is 0. The molecule has 31 valence electrons. The predicted octanol–water partition coefficient (Wildman–Crippen LogP) is 1.44. The molecule has 1 radical (unpaired) electrons. The fraction of sp³-hybridized carbons (Fsp3) is 0. The predicted molar refractivity (Wildman–Crippen MR) is 29.5 cm³/mol. The van der Waals surface area contributed by atoms with Gasteiger partial charge in [-0.05, 0) is 5.41 Å². The molecule has 1 rings (SSSR count). The monoisotopic (exact) mass is 98.0 g/mol. The molecular formula is C4H4NS. The molecule has 0 fully saturated rings. The minimum absolute atomic E-state index is 1.59. The topological polar surface area (TPSA) is 12.4 Å². The average molecular weight is 98.1 g/mol. The summed E-state index contributed by atoms with van der Waals surface area (Å²) in [6.45, 7) is 1.76. The summed E-state index contributed by atoms with van der Waals surface area (Å²) in [5.74, 6) is 0. The molecule has 1 nitrogen and oxygen atoms in total. The quantitative estimate of drug-likeness (QED) is 0.446. The molecule has 0 N–H and O–H groups in total. The zero-order valence-electron chi connectivity index (χ0n) is 3.16. The van der Waals surface area contributed by atoms with Crippen LogP contribution in [0.25, 0.3) is 0 Å².